The van der Waals surface area contributed by atoms with Crippen molar-refractivity contribution in [1.29, 1.82) is 0 Å². The second kappa shape index (κ2) is 8.30. The molecule has 0 saturated carbocycles. The van der Waals surface area contributed by atoms with Crippen LogP contribution in [0.15, 0.2) is 30.3 Å². The summed E-state index contributed by atoms with van der Waals surface area (Å²) in [7, 11) is 0. The van der Waals surface area contributed by atoms with E-state index in [1.54, 1.807) is 6.92 Å². The number of aliphatic hydroxyl groups excluding tert-OH is 1. The van der Waals surface area contributed by atoms with Gasteiger partial charge in [-0.1, -0.05) is 37.3 Å². The Kier molecular flexibility index (Phi) is 6.10. The van der Waals surface area contributed by atoms with E-state index >= 15 is 0 Å². The molecule has 0 aromatic heterocycles. The summed E-state index contributed by atoms with van der Waals surface area (Å²) in [6, 6.07) is 10.4. The summed E-state index contributed by atoms with van der Waals surface area (Å²) in [5.41, 5.74) is 0.991. The standard InChI is InChI=1S/C20H31N3O2/c1-16-13-21(15-20(25)18-7-4-3-5-8-18)14-19(16)23-10-6-9-22(11-12-23)17(2)24/h3-5,7-8,16,19-20,25H,6,9-15H2,1-2H3. The van der Waals surface area contributed by atoms with Gasteiger partial charge in [0.25, 0.3) is 0 Å². The highest BCUT2D eigenvalue weighted by Gasteiger charge is 2.35. The number of benzene rings is 1. The zero-order valence-electron chi connectivity index (χ0n) is 15.5. The van der Waals surface area contributed by atoms with Gasteiger partial charge in [0.15, 0.2) is 0 Å². The van der Waals surface area contributed by atoms with Crippen molar-refractivity contribution < 1.29 is 9.90 Å². The van der Waals surface area contributed by atoms with E-state index in [1.807, 2.05) is 35.2 Å². The predicted octanol–water partition coefficient (Wildman–Crippen LogP) is 1.59. The highest BCUT2D eigenvalue weighted by molar-refractivity contribution is 5.73. The third kappa shape index (κ3) is 4.60. The average molecular weight is 345 g/mol. The first-order valence-corrected chi connectivity index (χ1v) is 9.49. The lowest BCUT2D eigenvalue weighted by Gasteiger charge is -2.30. The number of amides is 1. The third-order valence-corrected chi connectivity index (χ3v) is 5.71. The molecule has 2 heterocycles. The van der Waals surface area contributed by atoms with Gasteiger partial charge >= 0.3 is 0 Å². The van der Waals surface area contributed by atoms with Crippen LogP contribution in [0.4, 0.5) is 0 Å². The molecule has 3 rings (SSSR count). The number of hydrogen-bond acceptors (Lipinski definition) is 4. The number of rotatable bonds is 4. The van der Waals surface area contributed by atoms with Crippen molar-refractivity contribution in [3.63, 3.8) is 0 Å². The first-order chi connectivity index (χ1) is 12.0. The molecule has 3 atom stereocenters. The summed E-state index contributed by atoms with van der Waals surface area (Å²) < 4.78 is 0. The van der Waals surface area contributed by atoms with Gasteiger partial charge in [-0.3, -0.25) is 14.6 Å². The number of hydrogen-bond donors (Lipinski definition) is 1. The molecule has 0 radical (unpaired) electrons. The van der Waals surface area contributed by atoms with Gasteiger partial charge in [-0.15, -0.1) is 0 Å². The van der Waals surface area contributed by atoms with E-state index in [4.69, 9.17) is 0 Å². The van der Waals surface area contributed by atoms with Crippen LogP contribution in [0.1, 0.15) is 31.9 Å². The van der Waals surface area contributed by atoms with Gasteiger partial charge in [-0.2, -0.15) is 0 Å². The van der Waals surface area contributed by atoms with E-state index in [9.17, 15) is 9.90 Å². The van der Waals surface area contributed by atoms with Crippen molar-refractivity contribution >= 4 is 5.91 Å². The molecule has 5 nitrogen and oxygen atoms in total. The largest absolute Gasteiger partial charge is 0.387 e. The molecule has 2 saturated heterocycles. The SMILES string of the molecule is CC(=O)N1CCCN(C2CN(CC(O)c3ccccc3)CC2C)CC1. The molecule has 0 aliphatic carbocycles. The number of carbonyl (C=O) groups is 1. The van der Waals surface area contributed by atoms with Crippen molar-refractivity contribution in [3.05, 3.63) is 35.9 Å². The van der Waals surface area contributed by atoms with Crippen LogP contribution in [0, 0.1) is 5.92 Å². The lowest BCUT2D eigenvalue weighted by atomic mass is 10.0. The maximum absolute atomic E-state index is 11.6. The van der Waals surface area contributed by atoms with E-state index in [2.05, 4.69) is 16.7 Å². The molecule has 1 N–H and O–H groups in total. The quantitative estimate of drug-likeness (QED) is 0.900. The van der Waals surface area contributed by atoms with Crippen molar-refractivity contribution in [2.45, 2.75) is 32.4 Å². The van der Waals surface area contributed by atoms with Crippen LogP contribution < -0.4 is 0 Å². The van der Waals surface area contributed by atoms with Gasteiger partial charge in [-0.25, -0.2) is 0 Å². The molecule has 138 valence electrons. The molecule has 3 unspecified atom stereocenters. The topological polar surface area (TPSA) is 47.0 Å². The van der Waals surface area contributed by atoms with Crippen LogP contribution in [-0.2, 0) is 4.79 Å². The van der Waals surface area contributed by atoms with Gasteiger partial charge in [0, 0.05) is 58.8 Å². The third-order valence-electron chi connectivity index (χ3n) is 5.71. The highest BCUT2D eigenvalue weighted by atomic mass is 16.3. The second-order valence-electron chi connectivity index (χ2n) is 7.59. The van der Waals surface area contributed by atoms with E-state index in [1.165, 1.54) is 0 Å². The van der Waals surface area contributed by atoms with E-state index in [0.717, 1.165) is 51.3 Å². The fraction of sp³-hybridized carbons (Fsp3) is 0.650. The maximum Gasteiger partial charge on any atom is 0.219 e. The fourth-order valence-corrected chi connectivity index (χ4v) is 4.28. The number of nitrogens with zero attached hydrogens (tertiary/aromatic N) is 3. The molecular weight excluding hydrogens is 314 g/mol. The van der Waals surface area contributed by atoms with Gasteiger partial charge in [0.1, 0.15) is 0 Å². The van der Waals surface area contributed by atoms with Crippen molar-refractivity contribution in [1.82, 2.24) is 14.7 Å². The predicted molar refractivity (Wildman–Crippen MR) is 99.2 cm³/mol. The van der Waals surface area contributed by atoms with Crippen LogP contribution in [0.25, 0.3) is 0 Å². The Morgan fingerprint density at radius 1 is 1.16 bits per heavy atom. The second-order valence-corrected chi connectivity index (χ2v) is 7.59. The van der Waals surface area contributed by atoms with E-state index < -0.39 is 6.10 Å². The summed E-state index contributed by atoms with van der Waals surface area (Å²) in [5.74, 6) is 0.779. The minimum Gasteiger partial charge on any atom is -0.387 e. The van der Waals surface area contributed by atoms with Crippen molar-refractivity contribution in [2.24, 2.45) is 5.92 Å². The fourth-order valence-electron chi connectivity index (χ4n) is 4.28. The zero-order valence-corrected chi connectivity index (χ0v) is 15.5. The van der Waals surface area contributed by atoms with Gasteiger partial charge in [0.2, 0.25) is 5.91 Å². The molecule has 0 spiro atoms. The van der Waals surface area contributed by atoms with Gasteiger partial charge in [0.05, 0.1) is 6.10 Å². The summed E-state index contributed by atoms with van der Waals surface area (Å²) in [5, 5.41) is 10.5. The Labute approximate surface area is 151 Å². The molecule has 2 fully saturated rings. The number of carbonyl (C=O) groups excluding carboxylic acids is 1. The molecular formula is C20H31N3O2. The van der Waals surface area contributed by atoms with E-state index in [0.29, 0.717) is 18.5 Å². The Morgan fingerprint density at radius 2 is 1.92 bits per heavy atom. The number of β-amino-alcohol motifs (C(OH)–C–C–N with tert-alkyl or cyclic N) is 1. The minimum absolute atomic E-state index is 0.189. The minimum atomic E-state index is -0.426. The Hall–Kier alpha value is -1.43. The molecule has 1 aromatic rings. The molecule has 2 aliphatic heterocycles. The first kappa shape index (κ1) is 18.4. The lowest BCUT2D eigenvalue weighted by Crippen LogP contribution is -2.43. The molecule has 2 aliphatic rings. The molecule has 25 heavy (non-hydrogen) atoms. The molecule has 0 bridgehead atoms. The van der Waals surface area contributed by atoms with Crippen LogP contribution >= 0.6 is 0 Å². The van der Waals surface area contributed by atoms with Crippen molar-refractivity contribution in [2.75, 3.05) is 45.8 Å². The van der Waals surface area contributed by atoms with Gasteiger partial charge in [-0.05, 0) is 17.9 Å². The average Bonchev–Trinajstić information content (AvgIpc) is 2.82. The lowest BCUT2D eigenvalue weighted by molar-refractivity contribution is -0.128. The Balaban J connectivity index is 1.55. The highest BCUT2D eigenvalue weighted by Crippen LogP contribution is 2.25. The van der Waals surface area contributed by atoms with Crippen LogP contribution in [0.5, 0.6) is 0 Å². The molecule has 1 amide bonds. The molecule has 5 heteroatoms. The first-order valence-electron chi connectivity index (χ1n) is 9.49. The van der Waals surface area contributed by atoms with Gasteiger partial charge < -0.3 is 10.0 Å². The van der Waals surface area contributed by atoms with Crippen LogP contribution in [0.3, 0.4) is 0 Å². The Morgan fingerprint density at radius 3 is 2.64 bits per heavy atom. The maximum atomic E-state index is 11.6. The Bertz CT molecular complexity index is 565. The number of aliphatic hydroxyl groups is 1. The van der Waals surface area contributed by atoms with Crippen LogP contribution in [0.2, 0.25) is 0 Å². The van der Waals surface area contributed by atoms with Crippen LogP contribution in [-0.4, -0.2) is 77.6 Å². The van der Waals surface area contributed by atoms with E-state index in [-0.39, 0.29) is 5.91 Å². The molecule has 1 aromatic carbocycles. The summed E-state index contributed by atoms with van der Waals surface area (Å²) >= 11 is 0. The normalized spacial score (nSPS) is 27.2. The summed E-state index contributed by atoms with van der Waals surface area (Å²) in [6.45, 7) is 10.4. The smallest absolute Gasteiger partial charge is 0.219 e. The zero-order chi connectivity index (χ0) is 17.8. The number of likely N-dealkylation sites (tertiary alicyclic amines) is 1. The summed E-state index contributed by atoms with van der Waals surface area (Å²) in [4.78, 5) is 18.5. The summed E-state index contributed by atoms with van der Waals surface area (Å²) in [6.07, 6.45) is 0.625. The van der Waals surface area contributed by atoms with Crippen molar-refractivity contribution in [3.8, 4) is 0 Å². The monoisotopic (exact) mass is 345 g/mol.